The monoisotopic (exact) mass is 332 g/mol. The Morgan fingerprint density at radius 1 is 1.08 bits per heavy atom. The summed E-state index contributed by atoms with van der Waals surface area (Å²) in [5.74, 6) is 0.773. The van der Waals surface area contributed by atoms with E-state index in [9.17, 15) is 4.79 Å². The summed E-state index contributed by atoms with van der Waals surface area (Å²) in [4.78, 5) is 21.4. The molecule has 4 heteroatoms. The van der Waals surface area contributed by atoms with E-state index in [1.165, 1.54) is 16.0 Å². The van der Waals surface area contributed by atoms with Gasteiger partial charge in [-0.1, -0.05) is 42.5 Å². The summed E-state index contributed by atoms with van der Waals surface area (Å²) in [6.07, 6.45) is 3.37. The van der Waals surface area contributed by atoms with Crippen molar-refractivity contribution in [2.45, 2.75) is 19.4 Å². The molecule has 4 nitrogen and oxygen atoms in total. The van der Waals surface area contributed by atoms with Crippen LogP contribution in [-0.4, -0.2) is 23.1 Å². The largest absolute Gasteiger partial charge is 0.323 e. The van der Waals surface area contributed by atoms with E-state index in [0.29, 0.717) is 5.39 Å². The molecule has 1 unspecified atom stereocenters. The molecule has 0 amide bonds. The van der Waals surface area contributed by atoms with Crippen LogP contribution >= 0.6 is 0 Å². The zero-order chi connectivity index (χ0) is 17.2. The minimum atomic E-state index is -0.0515. The normalized spacial score (nSPS) is 18.8. The fourth-order valence-electron chi connectivity index (χ4n) is 3.56. The Hall–Kier alpha value is -2.72. The van der Waals surface area contributed by atoms with Gasteiger partial charge in [0, 0.05) is 6.42 Å². The maximum Gasteiger partial charge on any atom is 0.258 e. The molecular weight excluding hydrogens is 310 g/mol. The Morgan fingerprint density at radius 2 is 1.84 bits per heavy atom. The van der Waals surface area contributed by atoms with Gasteiger partial charge in [0.1, 0.15) is 6.04 Å². The summed E-state index contributed by atoms with van der Waals surface area (Å²) in [5, 5.41) is 0.651. The fourth-order valence-corrected chi connectivity index (χ4v) is 3.56. The molecule has 25 heavy (non-hydrogen) atoms. The molecular formula is C21H22N3O+. The van der Waals surface area contributed by atoms with Gasteiger partial charge in [0.05, 0.1) is 24.0 Å². The van der Waals surface area contributed by atoms with E-state index < -0.39 is 0 Å². The van der Waals surface area contributed by atoms with Crippen molar-refractivity contribution in [2.24, 2.45) is 0 Å². The van der Waals surface area contributed by atoms with Crippen LogP contribution in [0.3, 0.4) is 0 Å². The van der Waals surface area contributed by atoms with Crippen molar-refractivity contribution in [3.8, 4) is 0 Å². The van der Waals surface area contributed by atoms with Gasteiger partial charge < -0.3 is 9.88 Å². The molecule has 2 N–H and O–H groups in total. The number of H-pyrrole nitrogens is 1. The number of rotatable bonds is 3. The van der Waals surface area contributed by atoms with Gasteiger partial charge in [-0.25, -0.2) is 4.98 Å². The zero-order valence-corrected chi connectivity index (χ0v) is 14.3. The molecule has 1 aliphatic rings. The van der Waals surface area contributed by atoms with Crippen molar-refractivity contribution >= 4 is 16.5 Å². The molecule has 0 bridgehead atoms. The number of aromatic amines is 1. The minimum absolute atomic E-state index is 0.0515. The van der Waals surface area contributed by atoms with Gasteiger partial charge in [-0.3, -0.25) is 4.79 Å². The summed E-state index contributed by atoms with van der Waals surface area (Å²) in [6, 6.07) is 18.2. The number of hydrogen-bond acceptors (Lipinski definition) is 2. The van der Waals surface area contributed by atoms with Crippen LogP contribution in [-0.2, 0) is 0 Å². The predicted molar refractivity (Wildman–Crippen MR) is 101 cm³/mol. The lowest BCUT2D eigenvalue weighted by molar-refractivity contribution is -0.925. The molecule has 0 aliphatic carbocycles. The Labute approximate surface area is 146 Å². The van der Waals surface area contributed by atoms with Crippen LogP contribution in [0.25, 0.3) is 16.5 Å². The number of hydrogen-bond donors (Lipinski definition) is 2. The molecule has 2 heterocycles. The van der Waals surface area contributed by atoms with Crippen molar-refractivity contribution in [1.82, 2.24) is 9.97 Å². The second-order valence-corrected chi connectivity index (χ2v) is 6.65. The van der Waals surface area contributed by atoms with Gasteiger partial charge in [-0.2, -0.15) is 0 Å². The molecule has 0 saturated carbocycles. The van der Waals surface area contributed by atoms with Crippen molar-refractivity contribution < 1.29 is 4.90 Å². The van der Waals surface area contributed by atoms with E-state index in [1.54, 1.807) is 0 Å². The van der Waals surface area contributed by atoms with Gasteiger partial charge >= 0.3 is 0 Å². The lowest BCUT2D eigenvalue weighted by Gasteiger charge is -2.28. The van der Waals surface area contributed by atoms with E-state index >= 15 is 0 Å². The number of benzene rings is 2. The number of para-hydroxylation sites is 1. The summed E-state index contributed by atoms with van der Waals surface area (Å²) in [6.45, 7) is 4.13. The highest BCUT2D eigenvalue weighted by atomic mass is 16.1. The van der Waals surface area contributed by atoms with Crippen LogP contribution < -0.4 is 10.5 Å². The third-order valence-corrected chi connectivity index (χ3v) is 5.12. The van der Waals surface area contributed by atoms with Crippen LogP contribution in [0.2, 0.25) is 0 Å². The first-order valence-electron chi connectivity index (χ1n) is 8.80. The zero-order valence-electron chi connectivity index (χ0n) is 14.3. The second-order valence-electron chi connectivity index (χ2n) is 6.65. The number of fused-ring (bicyclic) bond motifs is 1. The number of aromatic nitrogens is 2. The average Bonchev–Trinajstić information content (AvgIpc) is 2.68. The van der Waals surface area contributed by atoms with Gasteiger partial charge in [0.25, 0.3) is 5.56 Å². The molecule has 0 fully saturated rings. The summed E-state index contributed by atoms with van der Waals surface area (Å²) in [5.41, 5.74) is 3.44. The average molecular weight is 332 g/mol. The van der Waals surface area contributed by atoms with Crippen molar-refractivity contribution in [1.29, 1.82) is 0 Å². The molecule has 0 radical (unpaired) electrons. The number of nitrogens with zero attached hydrogens (tertiary/aromatic N) is 1. The highest BCUT2D eigenvalue weighted by Gasteiger charge is 2.24. The quantitative estimate of drug-likeness (QED) is 0.773. The predicted octanol–water partition coefficient (Wildman–Crippen LogP) is 2.36. The van der Waals surface area contributed by atoms with Crippen molar-refractivity contribution in [3.63, 3.8) is 0 Å². The molecule has 0 spiro atoms. The van der Waals surface area contributed by atoms with Crippen LogP contribution in [0.5, 0.6) is 0 Å². The van der Waals surface area contributed by atoms with E-state index in [2.05, 4.69) is 42.2 Å². The molecule has 2 aromatic carbocycles. The molecule has 126 valence electrons. The highest BCUT2D eigenvalue weighted by Crippen LogP contribution is 2.19. The highest BCUT2D eigenvalue weighted by molar-refractivity contribution is 5.77. The lowest BCUT2D eigenvalue weighted by atomic mass is 9.99. The Bertz CT molecular complexity index is 975. The molecule has 4 rings (SSSR count). The smallest absolute Gasteiger partial charge is 0.258 e. The Morgan fingerprint density at radius 3 is 2.60 bits per heavy atom. The third-order valence-electron chi connectivity index (χ3n) is 5.12. The van der Waals surface area contributed by atoms with E-state index in [-0.39, 0.29) is 11.6 Å². The van der Waals surface area contributed by atoms with Gasteiger partial charge in [-0.15, -0.1) is 0 Å². The molecule has 0 saturated heterocycles. The van der Waals surface area contributed by atoms with Gasteiger partial charge in [0.2, 0.25) is 0 Å². The standard InChI is InChI=1S/C21H21N3O/c1-15(20-22-19-10-6-5-9-18(19)21(25)23-20)24-13-11-17(12-14-24)16-7-3-2-4-8-16/h2-11,15H,12-14H2,1H3,(H,22,23,25)/p+1/t15-/m0/s1. The van der Waals surface area contributed by atoms with Crippen molar-refractivity contribution in [2.75, 3.05) is 13.1 Å². The first-order chi connectivity index (χ1) is 12.2. The molecule has 3 aromatic rings. The Kier molecular flexibility index (Phi) is 4.20. The SMILES string of the molecule is C[C@@H](c1nc2ccccc2c(=O)[nH]1)[NH+]1CC=C(c2ccccc2)CC1. The van der Waals surface area contributed by atoms with Crippen molar-refractivity contribution in [3.05, 3.63) is 82.4 Å². The van der Waals surface area contributed by atoms with Crippen LogP contribution in [0.1, 0.15) is 30.8 Å². The summed E-state index contributed by atoms with van der Waals surface area (Å²) < 4.78 is 0. The molecule has 2 atom stereocenters. The maximum atomic E-state index is 12.3. The van der Waals surface area contributed by atoms with Gasteiger partial charge in [-0.05, 0) is 36.3 Å². The van der Waals surface area contributed by atoms with Crippen LogP contribution in [0.15, 0.2) is 65.5 Å². The van der Waals surface area contributed by atoms with Crippen LogP contribution in [0.4, 0.5) is 0 Å². The second kappa shape index (κ2) is 6.65. The molecule has 1 aromatic heterocycles. The lowest BCUT2D eigenvalue weighted by Crippen LogP contribution is -3.12. The van der Waals surface area contributed by atoms with Crippen LogP contribution in [0, 0.1) is 0 Å². The molecule has 1 aliphatic heterocycles. The topological polar surface area (TPSA) is 50.2 Å². The fraction of sp³-hybridized carbons (Fsp3) is 0.238. The Balaban J connectivity index is 1.57. The first-order valence-corrected chi connectivity index (χ1v) is 8.80. The maximum absolute atomic E-state index is 12.3. The third kappa shape index (κ3) is 3.13. The summed E-state index contributed by atoms with van der Waals surface area (Å²) in [7, 11) is 0. The number of quaternary nitrogens is 1. The van der Waals surface area contributed by atoms with Gasteiger partial charge in [0.15, 0.2) is 5.82 Å². The van der Waals surface area contributed by atoms with E-state index in [1.807, 2.05) is 30.3 Å². The van der Waals surface area contributed by atoms with E-state index in [4.69, 9.17) is 4.98 Å². The van der Waals surface area contributed by atoms with E-state index in [0.717, 1.165) is 30.9 Å². The first kappa shape index (κ1) is 15.8. The summed E-state index contributed by atoms with van der Waals surface area (Å²) >= 11 is 0. The number of nitrogens with one attached hydrogen (secondary N) is 2. The minimum Gasteiger partial charge on any atom is -0.323 e.